The lowest BCUT2D eigenvalue weighted by Gasteiger charge is -2.26. The van der Waals surface area contributed by atoms with Gasteiger partial charge in [-0.15, -0.1) is 0 Å². The van der Waals surface area contributed by atoms with Crippen LogP contribution in [-0.2, 0) is 4.74 Å². The van der Waals surface area contributed by atoms with Crippen molar-refractivity contribution in [3.63, 3.8) is 0 Å². The molecule has 5 heteroatoms. The molecule has 0 aliphatic carbocycles. The minimum absolute atomic E-state index is 0.416. The zero-order valence-corrected chi connectivity index (χ0v) is 19.5. The van der Waals surface area contributed by atoms with Crippen LogP contribution in [0.1, 0.15) is 16.2 Å². The van der Waals surface area contributed by atoms with E-state index in [9.17, 15) is 4.79 Å². The normalized spacial score (nSPS) is 10.7. The molecule has 5 aromatic rings. The molecular formula is C30H24N2O3. The second kappa shape index (κ2) is 9.69. The van der Waals surface area contributed by atoms with Crippen LogP contribution >= 0.6 is 0 Å². The molecule has 4 aromatic carbocycles. The summed E-state index contributed by atoms with van der Waals surface area (Å²) in [5.74, 6) is 0.116. The van der Waals surface area contributed by atoms with Gasteiger partial charge in [-0.2, -0.15) is 0 Å². The Morgan fingerprint density at radius 1 is 0.771 bits per heavy atom. The highest BCUT2D eigenvalue weighted by molar-refractivity contribution is 5.98. The van der Waals surface area contributed by atoms with Crippen LogP contribution < -0.4 is 4.90 Å². The lowest BCUT2D eigenvalue weighted by Crippen LogP contribution is -2.09. The maximum absolute atomic E-state index is 12.4. The first-order valence-corrected chi connectivity index (χ1v) is 11.3. The highest BCUT2D eigenvalue weighted by Gasteiger charge is 2.18. The lowest BCUT2D eigenvalue weighted by molar-refractivity contribution is 0.0601. The van der Waals surface area contributed by atoms with Crippen LogP contribution in [0.25, 0.3) is 22.4 Å². The van der Waals surface area contributed by atoms with E-state index in [4.69, 9.17) is 9.15 Å². The molecule has 172 valence electrons. The van der Waals surface area contributed by atoms with Gasteiger partial charge in [0.05, 0.1) is 12.7 Å². The molecule has 0 spiro atoms. The molecule has 0 saturated heterocycles. The van der Waals surface area contributed by atoms with Crippen molar-refractivity contribution < 1.29 is 13.9 Å². The number of benzene rings is 4. The molecule has 0 atom stereocenters. The van der Waals surface area contributed by atoms with Gasteiger partial charge in [-0.3, -0.25) is 0 Å². The fraction of sp³-hybridized carbons (Fsp3) is 0.0667. The minimum Gasteiger partial charge on any atom is -0.465 e. The number of para-hydroxylation sites is 2. The zero-order chi connectivity index (χ0) is 24.2. The fourth-order valence-corrected chi connectivity index (χ4v) is 4.14. The smallest absolute Gasteiger partial charge is 0.338 e. The van der Waals surface area contributed by atoms with Crippen LogP contribution in [0, 0.1) is 6.92 Å². The number of hydrogen-bond acceptors (Lipinski definition) is 5. The second-order valence-electron chi connectivity index (χ2n) is 8.06. The second-order valence-corrected chi connectivity index (χ2v) is 8.06. The standard InChI is InChI=1S/C30H24N2O3/c1-21-31-29(20-35-21)28-19-23(16-17-27(28)30(33)34-2)22-10-9-15-26(18-22)32(24-11-5-3-6-12-24)25-13-7-4-8-14-25/h3-20H,1-2H3. The summed E-state index contributed by atoms with van der Waals surface area (Å²) in [5.41, 5.74) is 6.82. The van der Waals surface area contributed by atoms with Crippen molar-refractivity contribution in [2.45, 2.75) is 6.92 Å². The topological polar surface area (TPSA) is 55.6 Å². The third-order valence-corrected chi connectivity index (χ3v) is 5.79. The Morgan fingerprint density at radius 3 is 2.00 bits per heavy atom. The van der Waals surface area contributed by atoms with Crippen LogP contribution in [0.2, 0.25) is 0 Å². The Kier molecular flexibility index (Phi) is 6.14. The van der Waals surface area contributed by atoms with Crippen molar-refractivity contribution in [3.05, 3.63) is 121 Å². The molecule has 5 nitrogen and oxygen atoms in total. The van der Waals surface area contributed by atoms with Gasteiger partial charge in [0.2, 0.25) is 0 Å². The number of nitrogens with zero attached hydrogens (tertiary/aromatic N) is 2. The van der Waals surface area contributed by atoms with Gasteiger partial charge in [0, 0.05) is 29.5 Å². The molecule has 0 fully saturated rings. The van der Waals surface area contributed by atoms with Crippen molar-refractivity contribution in [1.29, 1.82) is 0 Å². The Hall–Kier alpha value is -4.64. The summed E-state index contributed by atoms with van der Waals surface area (Å²) < 4.78 is 10.4. The van der Waals surface area contributed by atoms with E-state index in [0.717, 1.165) is 28.2 Å². The SMILES string of the molecule is COC(=O)c1ccc(-c2cccc(N(c3ccccc3)c3ccccc3)c2)cc1-c1coc(C)n1. The van der Waals surface area contributed by atoms with Gasteiger partial charge in [0.25, 0.3) is 0 Å². The van der Waals surface area contributed by atoms with Crippen LogP contribution in [0.15, 0.2) is 114 Å². The molecule has 1 heterocycles. The molecule has 0 N–H and O–H groups in total. The third kappa shape index (κ3) is 4.57. The number of rotatable bonds is 6. The average molecular weight is 461 g/mol. The van der Waals surface area contributed by atoms with Crippen molar-refractivity contribution in [1.82, 2.24) is 4.98 Å². The third-order valence-electron chi connectivity index (χ3n) is 5.79. The predicted molar refractivity (Wildman–Crippen MR) is 138 cm³/mol. The number of carbonyl (C=O) groups excluding carboxylic acids is 1. The molecule has 0 amide bonds. The highest BCUT2D eigenvalue weighted by atomic mass is 16.5. The molecule has 0 saturated carbocycles. The number of esters is 1. The van der Waals surface area contributed by atoms with Crippen LogP contribution in [0.5, 0.6) is 0 Å². The van der Waals surface area contributed by atoms with E-state index in [-0.39, 0.29) is 0 Å². The molecular weight excluding hydrogens is 436 g/mol. The predicted octanol–water partition coefficient (Wildman–Crippen LogP) is 7.57. The van der Waals surface area contributed by atoms with E-state index in [0.29, 0.717) is 22.7 Å². The van der Waals surface area contributed by atoms with E-state index in [2.05, 4.69) is 52.3 Å². The first kappa shape index (κ1) is 22.2. The monoisotopic (exact) mass is 460 g/mol. The number of methoxy groups -OCH3 is 1. The summed E-state index contributed by atoms with van der Waals surface area (Å²) in [4.78, 5) is 19.1. The average Bonchev–Trinajstić information content (AvgIpc) is 3.35. The van der Waals surface area contributed by atoms with Crippen molar-refractivity contribution in [2.75, 3.05) is 12.0 Å². The lowest BCUT2D eigenvalue weighted by atomic mass is 9.97. The number of oxazole rings is 1. The Bertz CT molecular complexity index is 1420. The summed E-state index contributed by atoms with van der Waals surface area (Å²) in [6, 6.07) is 34.5. The van der Waals surface area contributed by atoms with E-state index in [1.165, 1.54) is 7.11 Å². The summed E-state index contributed by atoms with van der Waals surface area (Å²) in [6.45, 7) is 1.77. The van der Waals surface area contributed by atoms with Crippen molar-refractivity contribution >= 4 is 23.0 Å². The maximum atomic E-state index is 12.4. The molecule has 0 bridgehead atoms. The zero-order valence-electron chi connectivity index (χ0n) is 19.5. The molecule has 0 unspecified atom stereocenters. The first-order valence-electron chi connectivity index (χ1n) is 11.3. The molecule has 35 heavy (non-hydrogen) atoms. The summed E-state index contributed by atoms with van der Waals surface area (Å²) >= 11 is 0. The summed E-state index contributed by atoms with van der Waals surface area (Å²) in [6.07, 6.45) is 1.56. The van der Waals surface area contributed by atoms with Crippen LogP contribution in [0.4, 0.5) is 17.1 Å². The van der Waals surface area contributed by atoms with Gasteiger partial charge >= 0.3 is 5.97 Å². The number of hydrogen-bond donors (Lipinski definition) is 0. The first-order chi connectivity index (χ1) is 17.1. The van der Waals surface area contributed by atoms with E-state index in [1.54, 1.807) is 19.3 Å². The van der Waals surface area contributed by atoms with Crippen LogP contribution in [0.3, 0.4) is 0 Å². The van der Waals surface area contributed by atoms with Crippen molar-refractivity contribution in [3.8, 4) is 22.4 Å². The molecule has 0 aliphatic rings. The number of anilines is 3. The number of aryl methyl sites for hydroxylation is 1. The Morgan fingerprint density at radius 2 is 1.40 bits per heavy atom. The summed E-state index contributed by atoms with van der Waals surface area (Å²) in [5, 5.41) is 0. The van der Waals surface area contributed by atoms with Crippen LogP contribution in [-0.4, -0.2) is 18.1 Å². The number of carbonyl (C=O) groups is 1. The Labute approximate surface area is 204 Å². The largest absolute Gasteiger partial charge is 0.465 e. The molecule has 0 radical (unpaired) electrons. The van der Waals surface area contributed by atoms with Gasteiger partial charge in [-0.05, 0) is 59.7 Å². The van der Waals surface area contributed by atoms with Gasteiger partial charge in [-0.1, -0.05) is 54.6 Å². The van der Waals surface area contributed by atoms with Gasteiger partial charge in [0.15, 0.2) is 5.89 Å². The molecule has 5 rings (SSSR count). The van der Waals surface area contributed by atoms with Crippen molar-refractivity contribution in [2.24, 2.45) is 0 Å². The van der Waals surface area contributed by atoms with Gasteiger partial charge in [0.1, 0.15) is 12.0 Å². The maximum Gasteiger partial charge on any atom is 0.338 e. The van der Waals surface area contributed by atoms with E-state index < -0.39 is 5.97 Å². The quantitative estimate of drug-likeness (QED) is 0.245. The van der Waals surface area contributed by atoms with Gasteiger partial charge < -0.3 is 14.1 Å². The Balaban J connectivity index is 1.62. The molecule has 0 aliphatic heterocycles. The number of aromatic nitrogens is 1. The van der Waals surface area contributed by atoms with Gasteiger partial charge in [-0.25, -0.2) is 9.78 Å². The van der Waals surface area contributed by atoms with E-state index in [1.807, 2.05) is 54.6 Å². The fourth-order valence-electron chi connectivity index (χ4n) is 4.14. The number of ether oxygens (including phenoxy) is 1. The van der Waals surface area contributed by atoms with E-state index >= 15 is 0 Å². The molecule has 1 aromatic heterocycles. The highest BCUT2D eigenvalue weighted by Crippen LogP contribution is 2.37. The minimum atomic E-state index is -0.416. The summed E-state index contributed by atoms with van der Waals surface area (Å²) in [7, 11) is 1.37.